The third-order valence-electron chi connectivity index (χ3n) is 3.25. The zero-order chi connectivity index (χ0) is 17.1. The van der Waals surface area contributed by atoms with Gasteiger partial charge in [-0.25, -0.2) is 8.78 Å². The van der Waals surface area contributed by atoms with E-state index in [1.165, 1.54) is 26.2 Å². The lowest BCUT2D eigenvalue weighted by Crippen LogP contribution is -2.15. The Hall–Kier alpha value is -2.77. The van der Waals surface area contributed by atoms with Gasteiger partial charge in [-0.2, -0.15) is 5.10 Å². The van der Waals surface area contributed by atoms with Gasteiger partial charge in [0.25, 0.3) is 12.3 Å². The molecule has 6 nitrogen and oxygen atoms in total. The van der Waals surface area contributed by atoms with Crippen molar-refractivity contribution in [3.8, 4) is 0 Å². The number of alkyl halides is 2. The first kappa shape index (κ1) is 16.6. The molecule has 0 unspecified atom stereocenters. The molecular weight excluding hydrogens is 306 g/mol. The molecule has 1 aromatic carbocycles. The Kier molecular flexibility index (Phi) is 4.73. The topological polar surface area (TPSA) is 76.0 Å². The van der Waals surface area contributed by atoms with E-state index >= 15 is 0 Å². The molecule has 0 aliphatic rings. The van der Waals surface area contributed by atoms with E-state index in [-0.39, 0.29) is 22.9 Å². The molecule has 122 valence electrons. The fraction of sp³-hybridized carbons (Fsp3) is 0.267. The highest BCUT2D eigenvalue weighted by molar-refractivity contribution is 6.05. The number of carbonyl (C=O) groups is 2. The number of anilines is 2. The van der Waals surface area contributed by atoms with Crippen LogP contribution in [-0.2, 0) is 11.8 Å². The van der Waals surface area contributed by atoms with E-state index in [0.717, 1.165) is 10.2 Å². The maximum absolute atomic E-state index is 13.0. The van der Waals surface area contributed by atoms with Crippen molar-refractivity contribution in [3.63, 3.8) is 0 Å². The fourth-order valence-corrected chi connectivity index (χ4v) is 2.08. The average molecular weight is 322 g/mol. The van der Waals surface area contributed by atoms with E-state index in [0.29, 0.717) is 5.69 Å². The van der Waals surface area contributed by atoms with Crippen LogP contribution in [0.15, 0.2) is 24.4 Å². The summed E-state index contributed by atoms with van der Waals surface area (Å²) in [4.78, 5) is 23.4. The summed E-state index contributed by atoms with van der Waals surface area (Å²) in [7, 11) is 1.37. The molecule has 0 bridgehead atoms. The monoisotopic (exact) mass is 322 g/mol. The first-order chi connectivity index (χ1) is 10.8. The van der Waals surface area contributed by atoms with E-state index in [1.807, 2.05) is 0 Å². The van der Waals surface area contributed by atoms with E-state index in [1.54, 1.807) is 19.1 Å². The van der Waals surface area contributed by atoms with Gasteiger partial charge in [0.1, 0.15) is 5.69 Å². The third kappa shape index (κ3) is 3.71. The van der Waals surface area contributed by atoms with Gasteiger partial charge in [0.05, 0.1) is 11.9 Å². The summed E-state index contributed by atoms with van der Waals surface area (Å²) in [5.41, 5.74) is 1.10. The van der Waals surface area contributed by atoms with Gasteiger partial charge >= 0.3 is 0 Å². The highest BCUT2D eigenvalue weighted by Gasteiger charge is 2.20. The number of hydrogen-bond donors (Lipinski definition) is 2. The Bertz CT molecular complexity index is 756. The number of nitrogens with zero attached hydrogens (tertiary/aromatic N) is 2. The van der Waals surface area contributed by atoms with Gasteiger partial charge in [0, 0.05) is 25.2 Å². The lowest BCUT2D eigenvalue weighted by molar-refractivity contribution is -0.114. The molecule has 0 aliphatic heterocycles. The number of nitrogens with one attached hydrogen (secondary N) is 2. The molecule has 1 heterocycles. The van der Waals surface area contributed by atoms with Crippen LogP contribution in [0.3, 0.4) is 0 Å². The molecule has 2 N–H and O–H groups in total. The van der Waals surface area contributed by atoms with Crippen molar-refractivity contribution in [1.82, 2.24) is 9.78 Å². The largest absolute Gasteiger partial charge is 0.326 e. The molecule has 0 aliphatic carbocycles. The molecule has 0 radical (unpaired) electrons. The van der Waals surface area contributed by atoms with Crippen LogP contribution in [0.1, 0.15) is 35.0 Å². The highest BCUT2D eigenvalue weighted by atomic mass is 19.3. The molecule has 2 aromatic rings. The van der Waals surface area contributed by atoms with Crippen LogP contribution in [0.5, 0.6) is 0 Å². The summed E-state index contributed by atoms with van der Waals surface area (Å²) in [5.74, 6) is -0.829. The first-order valence-electron chi connectivity index (χ1n) is 6.79. The quantitative estimate of drug-likeness (QED) is 0.909. The standard InChI is InChI=1S/C15H16F2N4O2/c1-8-4-5-10(6-11(8)19-9(2)22)15(23)20-12-7-18-21(3)13(12)14(16)17/h4-7,14H,1-3H3,(H,19,22)(H,20,23). The summed E-state index contributed by atoms with van der Waals surface area (Å²) >= 11 is 0. The number of benzene rings is 1. The number of halogens is 2. The van der Waals surface area contributed by atoms with Gasteiger partial charge in [0.2, 0.25) is 5.91 Å². The van der Waals surface area contributed by atoms with Gasteiger partial charge in [0.15, 0.2) is 0 Å². The van der Waals surface area contributed by atoms with E-state index in [9.17, 15) is 18.4 Å². The van der Waals surface area contributed by atoms with Crippen molar-refractivity contribution in [2.75, 3.05) is 10.6 Å². The smallest absolute Gasteiger partial charge is 0.282 e. The molecule has 0 saturated carbocycles. The molecular formula is C15H16F2N4O2. The summed E-state index contributed by atoms with van der Waals surface area (Å²) in [6.45, 7) is 3.14. The zero-order valence-corrected chi connectivity index (χ0v) is 12.9. The van der Waals surface area contributed by atoms with Crippen molar-refractivity contribution in [3.05, 3.63) is 41.2 Å². The van der Waals surface area contributed by atoms with Crippen LogP contribution < -0.4 is 10.6 Å². The Morgan fingerprint density at radius 1 is 1.22 bits per heavy atom. The Morgan fingerprint density at radius 2 is 1.91 bits per heavy atom. The molecule has 0 saturated heterocycles. The summed E-state index contributed by atoms with van der Waals surface area (Å²) in [5, 5.41) is 8.75. The van der Waals surface area contributed by atoms with Crippen LogP contribution in [0, 0.1) is 6.92 Å². The van der Waals surface area contributed by atoms with Crippen LogP contribution in [0.25, 0.3) is 0 Å². The fourth-order valence-electron chi connectivity index (χ4n) is 2.08. The minimum absolute atomic E-state index is 0.0471. The summed E-state index contributed by atoms with van der Waals surface area (Å²) < 4.78 is 27.0. The number of aryl methyl sites for hydroxylation is 2. The molecule has 23 heavy (non-hydrogen) atoms. The van der Waals surface area contributed by atoms with Crippen molar-refractivity contribution in [2.45, 2.75) is 20.3 Å². The molecule has 0 spiro atoms. The minimum Gasteiger partial charge on any atom is -0.326 e. The molecule has 2 rings (SSSR count). The zero-order valence-electron chi connectivity index (χ0n) is 12.9. The number of carbonyl (C=O) groups excluding carboxylic acids is 2. The van der Waals surface area contributed by atoms with E-state index in [4.69, 9.17) is 0 Å². The summed E-state index contributed by atoms with van der Waals surface area (Å²) in [6.07, 6.45) is -1.59. The molecule has 0 fully saturated rings. The van der Waals surface area contributed by atoms with Gasteiger partial charge in [-0.1, -0.05) is 6.07 Å². The maximum atomic E-state index is 13.0. The second-order valence-corrected chi connectivity index (χ2v) is 5.03. The SMILES string of the molecule is CC(=O)Nc1cc(C(=O)Nc2cnn(C)c2C(F)F)ccc1C. The maximum Gasteiger partial charge on any atom is 0.282 e. The molecule has 8 heteroatoms. The number of hydrogen-bond acceptors (Lipinski definition) is 3. The van der Waals surface area contributed by atoms with Gasteiger partial charge in [-0.3, -0.25) is 14.3 Å². The van der Waals surface area contributed by atoms with Crippen molar-refractivity contribution in [1.29, 1.82) is 0 Å². The highest BCUT2D eigenvalue weighted by Crippen LogP contribution is 2.27. The minimum atomic E-state index is -2.76. The van der Waals surface area contributed by atoms with Crippen LogP contribution in [0.4, 0.5) is 20.2 Å². The Labute approximate surface area is 131 Å². The molecule has 2 amide bonds. The predicted octanol–water partition coefficient (Wildman–Crippen LogP) is 2.88. The number of amides is 2. The van der Waals surface area contributed by atoms with E-state index in [2.05, 4.69) is 15.7 Å². The average Bonchev–Trinajstić information content (AvgIpc) is 2.81. The van der Waals surface area contributed by atoms with Crippen LogP contribution in [0.2, 0.25) is 0 Å². The molecule has 0 atom stereocenters. The van der Waals surface area contributed by atoms with Crippen molar-refractivity contribution in [2.24, 2.45) is 7.05 Å². The van der Waals surface area contributed by atoms with E-state index < -0.39 is 12.3 Å². The van der Waals surface area contributed by atoms with Crippen LogP contribution >= 0.6 is 0 Å². The first-order valence-corrected chi connectivity index (χ1v) is 6.79. The Balaban J connectivity index is 2.26. The Morgan fingerprint density at radius 3 is 2.52 bits per heavy atom. The van der Waals surface area contributed by atoms with Crippen LogP contribution in [-0.4, -0.2) is 21.6 Å². The predicted molar refractivity (Wildman–Crippen MR) is 81.6 cm³/mol. The third-order valence-corrected chi connectivity index (χ3v) is 3.25. The van der Waals surface area contributed by atoms with Gasteiger partial charge in [-0.15, -0.1) is 0 Å². The van der Waals surface area contributed by atoms with Crippen molar-refractivity contribution >= 4 is 23.2 Å². The van der Waals surface area contributed by atoms with Crippen molar-refractivity contribution < 1.29 is 18.4 Å². The summed E-state index contributed by atoms with van der Waals surface area (Å²) in [6, 6.07) is 4.70. The number of aromatic nitrogens is 2. The normalized spacial score (nSPS) is 10.7. The van der Waals surface area contributed by atoms with Gasteiger partial charge in [-0.05, 0) is 24.6 Å². The lowest BCUT2D eigenvalue weighted by atomic mass is 10.1. The second-order valence-electron chi connectivity index (χ2n) is 5.03. The van der Waals surface area contributed by atoms with Gasteiger partial charge < -0.3 is 10.6 Å². The second kappa shape index (κ2) is 6.55. The number of rotatable bonds is 4. The lowest BCUT2D eigenvalue weighted by Gasteiger charge is -2.10. The molecule has 1 aromatic heterocycles.